The minimum Gasteiger partial charge on any atom is -0.480 e. The molecule has 0 spiro atoms. The van der Waals surface area contributed by atoms with Crippen LogP contribution >= 0.6 is 0 Å². The third kappa shape index (κ3) is 10.8. The average molecular weight is 269 g/mol. The first-order valence-electron chi connectivity index (χ1n) is 7.66. The van der Waals surface area contributed by atoms with E-state index < -0.39 is 12.0 Å². The fourth-order valence-electron chi connectivity index (χ4n) is 2.16. The van der Waals surface area contributed by atoms with Crippen LogP contribution in [0.3, 0.4) is 0 Å². The summed E-state index contributed by atoms with van der Waals surface area (Å²) in [5.74, 6) is -0.598. The molecule has 0 aliphatic heterocycles. The molecule has 1 atom stereocenters. The quantitative estimate of drug-likeness (QED) is 0.392. The van der Waals surface area contributed by atoms with Gasteiger partial charge in [-0.1, -0.05) is 52.0 Å². The molecule has 0 aromatic carbocycles. The van der Waals surface area contributed by atoms with Crippen LogP contribution in [0.15, 0.2) is 12.7 Å². The van der Waals surface area contributed by atoms with E-state index in [0.29, 0.717) is 0 Å². The fourth-order valence-corrected chi connectivity index (χ4v) is 2.16. The second-order valence-corrected chi connectivity index (χ2v) is 5.57. The molecule has 0 aliphatic carbocycles. The molecule has 0 aromatic heterocycles. The lowest BCUT2D eigenvalue weighted by Crippen LogP contribution is -2.41. The summed E-state index contributed by atoms with van der Waals surface area (Å²) in [6.07, 6.45) is 11.8. The first-order chi connectivity index (χ1) is 9.09. The number of carbonyl (C=O) groups is 1. The van der Waals surface area contributed by atoms with Gasteiger partial charge in [0.25, 0.3) is 0 Å². The van der Waals surface area contributed by atoms with Gasteiger partial charge in [-0.25, -0.2) is 0 Å². The number of carboxylic acids is 1. The summed E-state index contributed by atoms with van der Waals surface area (Å²) >= 11 is 0. The molecule has 0 amide bonds. The molecule has 3 nitrogen and oxygen atoms in total. The average Bonchev–Trinajstić information content (AvgIpc) is 2.35. The Labute approximate surface area is 118 Å². The van der Waals surface area contributed by atoms with Crippen LogP contribution in [0.1, 0.15) is 65.2 Å². The van der Waals surface area contributed by atoms with Gasteiger partial charge < -0.3 is 10.4 Å². The van der Waals surface area contributed by atoms with Crippen molar-refractivity contribution in [3.63, 3.8) is 0 Å². The molecule has 0 radical (unpaired) electrons. The van der Waals surface area contributed by atoms with Gasteiger partial charge in [-0.15, -0.1) is 6.58 Å². The zero-order valence-corrected chi connectivity index (χ0v) is 12.7. The summed E-state index contributed by atoms with van der Waals surface area (Å²) in [4.78, 5) is 11.0. The first kappa shape index (κ1) is 18.2. The topological polar surface area (TPSA) is 49.3 Å². The maximum absolute atomic E-state index is 11.0. The monoisotopic (exact) mass is 269 g/mol. The van der Waals surface area contributed by atoms with Crippen LogP contribution in [0.2, 0.25) is 0 Å². The lowest BCUT2D eigenvalue weighted by molar-refractivity contribution is -0.140. The minimum absolute atomic E-state index is 0.141. The Morgan fingerprint density at radius 3 is 2.11 bits per heavy atom. The van der Waals surface area contributed by atoms with Crippen LogP contribution in [0.4, 0.5) is 0 Å². The van der Waals surface area contributed by atoms with Crippen LogP contribution in [-0.4, -0.2) is 23.7 Å². The van der Waals surface area contributed by atoms with Gasteiger partial charge in [-0.3, -0.25) is 4.79 Å². The van der Waals surface area contributed by atoms with E-state index in [1.54, 1.807) is 0 Å². The number of unbranched alkanes of at least 4 members (excludes halogenated alkanes) is 7. The van der Waals surface area contributed by atoms with Crippen LogP contribution < -0.4 is 5.32 Å². The zero-order valence-electron chi connectivity index (χ0n) is 12.7. The van der Waals surface area contributed by atoms with Crippen molar-refractivity contribution in [3.8, 4) is 0 Å². The SMILES string of the molecule is C=CCCCCCCCCCNC(C(=O)O)C(C)C. The smallest absolute Gasteiger partial charge is 0.320 e. The first-order valence-corrected chi connectivity index (χ1v) is 7.66. The highest BCUT2D eigenvalue weighted by atomic mass is 16.4. The molecule has 1 unspecified atom stereocenters. The van der Waals surface area contributed by atoms with Crippen molar-refractivity contribution in [3.05, 3.63) is 12.7 Å². The van der Waals surface area contributed by atoms with Crippen LogP contribution in [0.5, 0.6) is 0 Å². The highest BCUT2D eigenvalue weighted by Crippen LogP contribution is 2.09. The number of carboxylic acid groups (broad SMARTS) is 1. The van der Waals surface area contributed by atoms with Crippen molar-refractivity contribution in [2.75, 3.05) is 6.54 Å². The molecule has 3 heteroatoms. The lowest BCUT2D eigenvalue weighted by atomic mass is 10.0. The van der Waals surface area contributed by atoms with Gasteiger partial charge in [0.2, 0.25) is 0 Å². The Balaban J connectivity index is 3.34. The molecule has 0 saturated heterocycles. The summed E-state index contributed by atoms with van der Waals surface area (Å²) in [6, 6.07) is -0.404. The number of rotatable bonds is 13. The van der Waals surface area contributed by atoms with E-state index in [9.17, 15) is 4.79 Å². The van der Waals surface area contributed by atoms with E-state index in [2.05, 4.69) is 11.9 Å². The lowest BCUT2D eigenvalue weighted by Gasteiger charge is -2.17. The Hall–Kier alpha value is -0.830. The van der Waals surface area contributed by atoms with Crippen LogP contribution in [0.25, 0.3) is 0 Å². The molecule has 0 rings (SSSR count). The predicted molar refractivity (Wildman–Crippen MR) is 81.4 cm³/mol. The van der Waals surface area contributed by atoms with Gasteiger partial charge >= 0.3 is 5.97 Å². The molecule has 0 aromatic rings. The molecular weight excluding hydrogens is 238 g/mol. The standard InChI is InChI=1S/C16H31NO2/c1-4-5-6-7-8-9-10-11-12-13-17-15(14(2)3)16(18)19/h4,14-15,17H,1,5-13H2,2-3H3,(H,18,19). The second kappa shape index (κ2) is 12.2. The Morgan fingerprint density at radius 2 is 1.63 bits per heavy atom. The summed E-state index contributed by atoms with van der Waals surface area (Å²) < 4.78 is 0. The summed E-state index contributed by atoms with van der Waals surface area (Å²) in [5.41, 5.74) is 0. The van der Waals surface area contributed by atoms with E-state index in [4.69, 9.17) is 5.11 Å². The predicted octanol–water partition coefficient (Wildman–Crippen LogP) is 3.99. The molecule has 112 valence electrons. The van der Waals surface area contributed by atoms with Gasteiger partial charge in [0, 0.05) is 0 Å². The third-order valence-corrected chi connectivity index (χ3v) is 3.38. The molecular formula is C16H31NO2. The number of nitrogens with one attached hydrogen (secondary N) is 1. The maximum atomic E-state index is 11.0. The Morgan fingerprint density at radius 1 is 1.11 bits per heavy atom. The number of hydrogen-bond acceptors (Lipinski definition) is 2. The molecule has 2 N–H and O–H groups in total. The molecule has 0 fully saturated rings. The van der Waals surface area contributed by atoms with Gasteiger partial charge in [0.1, 0.15) is 6.04 Å². The van der Waals surface area contributed by atoms with Crippen molar-refractivity contribution in [1.29, 1.82) is 0 Å². The molecule has 19 heavy (non-hydrogen) atoms. The zero-order chi connectivity index (χ0) is 14.5. The molecule has 0 bridgehead atoms. The van der Waals surface area contributed by atoms with E-state index in [0.717, 1.165) is 19.4 Å². The van der Waals surface area contributed by atoms with Gasteiger partial charge in [-0.05, 0) is 31.7 Å². The van der Waals surface area contributed by atoms with Crippen molar-refractivity contribution in [1.82, 2.24) is 5.32 Å². The van der Waals surface area contributed by atoms with E-state index >= 15 is 0 Å². The molecule has 0 aliphatic rings. The number of aliphatic carboxylic acids is 1. The summed E-state index contributed by atoms with van der Waals surface area (Å²) in [5, 5.41) is 12.1. The second-order valence-electron chi connectivity index (χ2n) is 5.57. The van der Waals surface area contributed by atoms with Crippen molar-refractivity contribution in [2.45, 2.75) is 71.3 Å². The van der Waals surface area contributed by atoms with Crippen molar-refractivity contribution < 1.29 is 9.90 Å². The van der Waals surface area contributed by atoms with E-state index in [1.807, 2.05) is 19.9 Å². The van der Waals surface area contributed by atoms with Gasteiger partial charge in [-0.2, -0.15) is 0 Å². The normalized spacial score (nSPS) is 12.6. The fraction of sp³-hybridized carbons (Fsp3) is 0.812. The Kier molecular flexibility index (Phi) is 11.7. The van der Waals surface area contributed by atoms with Crippen molar-refractivity contribution in [2.24, 2.45) is 5.92 Å². The third-order valence-electron chi connectivity index (χ3n) is 3.38. The highest BCUT2D eigenvalue weighted by molar-refractivity contribution is 5.73. The molecule has 0 saturated carbocycles. The van der Waals surface area contributed by atoms with Gasteiger partial charge in [0.15, 0.2) is 0 Å². The van der Waals surface area contributed by atoms with Crippen molar-refractivity contribution >= 4 is 5.97 Å². The van der Waals surface area contributed by atoms with E-state index in [1.165, 1.54) is 38.5 Å². The maximum Gasteiger partial charge on any atom is 0.320 e. The van der Waals surface area contributed by atoms with Crippen LogP contribution in [0, 0.1) is 5.92 Å². The largest absolute Gasteiger partial charge is 0.480 e. The van der Waals surface area contributed by atoms with E-state index in [-0.39, 0.29) is 5.92 Å². The number of hydrogen-bond donors (Lipinski definition) is 2. The highest BCUT2D eigenvalue weighted by Gasteiger charge is 2.19. The Bertz CT molecular complexity index is 239. The number of allylic oxidation sites excluding steroid dienone is 1. The summed E-state index contributed by atoms with van der Waals surface area (Å²) in [6.45, 7) is 8.41. The van der Waals surface area contributed by atoms with Crippen LogP contribution in [-0.2, 0) is 4.79 Å². The van der Waals surface area contributed by atoms with Gasteiger partial charge in [0.05, 0.1) is 0 Å². The molecule has 0 heterocycles. The minimum atomic E-state index is -0.739. The summed E-state index contributed by atoms with van der Waals surface area (Å²) in [7, 11) is 0.